The lowest BCUT2D eigenvalue weighted by molar-refractivity contribution is 0.397. The first-order chi connectivity index (χ1) is 8.69. The van der Waals surface area contributed by atoms with Gasteiger partial charge < -0.3 is 10.5 Å². The van der Waals surface area contributed by atoms with Gasteiger partial charge in [-0.2, -0.15) is 0 Å². The van der Waals surface area contributed by atoms with E-state index in [-0.39, 0.29) is 18.2 Å². The number of nitrogens with one attached hydrogen (secondary N) is 1. The summed E-state index contributed by atoms with van der Waals surface area (Å²) in [4.78, 5) is 8.44. The minimum atomic E-state index is -0.0234. The maximum atomic E-state index is 7.35. The van der Waals surface area contributed by atoms with Crippen LogP contribution < -0.4 is 10.5 Å². The number of ether oxygens (including phenoxy) is 1. The van der Waals surface area contributed by atoms with Crippen molar-refractivity contribution in [1.82, 2.24) is 9.97 Å². The van der Waals surface area contributed by atoms with Gasteiger partial charge in [-0.25, -0.2) is 9.97 Å². The summed E-state index contributed by atoms with van der Waals surface area (Å²) in [5.74, 6) is 0.564. The largest absolute Gasteiger partial charge is 0.481 e. The van der Waals surface area contributed by atoms with Crippen molar-refractivity contribution in [2.24, 2.45) is 5.73 Å². The van der Waals surface area contributed by atoms with Crippen molar-refractivity contribution in [2.45, 2.75) is 6.42 Å². The Bertz CT molecular complexity index is 557. The normalized spacial score (nSPS) is 9.53. The van der Waals surface area contributed by atoms with Crippen molar-refractivity contribution in [1.29, 1.82) is 5.41 Å². The van der Waals surface area contributed by atoms with E-state index in [1.54, 1.807) is 19.4 Å². The molecule has 2 rings (SSSR count). The molecule has 2 aromatic rings. The smallest absolute Gasteiger partial charge is 0.212 e. The number of aromatic nitrogens is 2. The molecule has 0 bridgehead atoms. The van der Waals surface area contributed by atoms with E-state index in [2.05, 4.69) is 9.97 Å². The number of nitrogens with zero attached hydrogens (tertiary/aromatic N) is 2. The van der Waals surface area contributed by atoms with E-state index in [4.69, 9.17) is 15.9 Å². The molecule has 0 amide bonds. The molecule has 0 fully saturated rings. The molecule has 0 unspecified atom stereocenters. The van der Waals surface area contributed by atoms with Gasteiger partial charge in [0, 0.05) is 24.4 Å². The van der Waals surface area contributed by atoms with Crippen LogP contribution in [0.15, 0.2) is 36.5 Å². The number of halogens is 1. The van der Waals surface area contributed by atoms with Crippen molar-refractivity contribution < 1.29 is 4.74 Å². The highest BCUT2D eigenvalue weighted by atomic mass is 35.5. The van der Waals surface area contributed by atoms with Crippen molar-refractivity contribution >= 4 is 18.2 Å². The van der Waals surface area contributed by atoms with E-state index in [1.807, 2.05) is 24.3 Å². The third-order valence-electron chi connectivity index (χ3n) is 2.47. The Morgan fingerprint density at radius 1 is 1.32 bits per heavy atom. The van der Waals surface area contributed by atoms with Gasteiger partial charge in [-0.15, -0.1) is 12.4 Å². The Kier molecular flexibility index (Phi) is 5.26. The first kappa shape index (κ1) is 14.9. The van der Waals surface area contributed by atoms with Crippen LogP contribution in [0.25, 0.3) is 0 Å². The van der Waals surface area contributed by atoms with Gasteiger partial charge in [0.15, 0.2) is 0 Å². The number of nitrogen functional groups attached to an aromatic ring is 1. The Morgan fingerprint density at radius 2 is 2.11 bits per heavy atom. The van der Waals surface area contributed by atoms with E-state index < -0.39 is 0 Å². The lowest BCUT2D eigenvalue weighted by atomic mass is 10.1. The monoisotopic (exact) mass is 278 g/mol. The summed E-state index contributed by atoms with van der Waals surface area (Å²) < 4.78 is 5.00. The van der Waals surface area contributed by atoms with Gasteiger partial charge in [-0.1, -0.05) is 12.1 Å². The van der Waals surface area contributed by atoms with Crippen LogP contribution in [0.3, 0.4) is 0 Å². The molecular formula is C13H15ClN4O. The number of hydrogen-bond donors (Lipinski definition) is 2. The minimum absolute atomic E-state index is 0. The van der Waals surface area contributed by atoms with Gasteiger partial charge >= 0.3 is 0 Å². The first-order valence-electron chi connectivity index (χ1n) is 5.48. The third-order valence-corrected chi connectivity index (χ3v) is 2.47. The SMILES string of the molecule is COc1ccc(Cc2cccc(C(=N)N)n2)cn1.Cl. The van der Waals surface area contributed by atoms with E-state index in [9.17, 15) is 0 Å². The summed E-state index contributed by atoms with van der Waals surface area (Å²) in [7, 11) is 1.58. The molecule has 2 aromatic heterocycles. The fraction of sp³-hybridized carbons (Fsp3) is 0.154. The predicted octanol–water partition coefficient (Wildman–Crippen LogP) is 1.78. The summed E-state index contributed by atoms with van der Waals surface area (Å²) >= 11 is 0. The molecule has 0 aliphatic heterocycles. The van der Waals surface area contributed by atoms with Crippen molar-refractivity contribution in [2.75, 3.05) is 7.11 Å². The van der Waals surface area contributed by atoms with Crippen LogP contribution in [0.5, 0.6) is 5.88 Å². The predicted molar refractivity (Wildman–Crippen MR) is 76.1 cm³/mol. The van der Waals surface area contributed by atoms with Crippen LogP contribution in [-0.2, 0) is 6.42 Å². The van der Waals surface area contributed by atoms with Crippen molar-refractivity contribution in [3.05, 3.63) is 53.5 Å². The molecule has 6 heteroatoms. The number of methoxy groups -OCH3 is 1. The molecule has 0 radical (unpaired) electrons. The van der Waals surface area contributed by atoms with Crippen LogP contribution in [0.2, 0.25) is 0 Å². The number of rotatable bonds is 4. The third kappa shape index (κ3) is 3.93. The van der Waals surface area contributed by atoms with Gasteiger partial charge in [-0.05, 0) is 17.7 Å². The van der Waals surface area contributed by atoms with E-state index >= 15 is 0 Å². The average Bonchev–Trinajstić information content (AvgIpc) is 2.40. The maximum absolute atomic E-state index is 7.35. The summed E-state index contributed by atoms with van der Waals surface area (Å²) in [5, 5.41) is 7.35. The van der Waals surface area contributed by atoms with Crippen LogP contribution in [0.1, 0.15) is 17.0 Å². The fourth-order valence-electron chi connectivity index (χ4n) is 1.57. The average molecular weight is 279 g/mol. The van der Waals surface area contributed by atoms with Gasteiger partial charge in [-0.3, -0.25) is 5.41 Å². The second-order valence-corrected chi connectivity index (χ2v) is 3.81. The number of hydrogen-bond acceptors (Lipinski definition) is 4. The number of nitrogens with two attached hydrogens (primary N) is 1. The molecular weight excluding hydrogens is 264 g/mol. The van der Waals surface area contributed by atoms with Crippen LogP contribution in [0, 0.1) is 5.41 Å². The van der Waals surface area contributed by atoms with Gasteiger partial charge in [0.1, 0.15) is 11.5 Å². The molecule has 0 aliphatic carbocycles. The molecule has 100 valence electrons. The molecule has 19 heavy (non-hydrogen) atoms. The fourth-order valence-corrected chi connectivity index (χ4v) is 1.57. The Balaban J connectivity index is 0.00000180. The topological polar surface area (TPSA) is 84.9 Å². The molecule has 2 heterocycles. The number of amidine groups is 1. The summed E-state index contributed by atoms with van der Waals surface area (Å²) in [6.07, 6.45) is 2.40. The highest BCUT2D eigenvalue weighted by Gasteiger charge is 2.02. The zero-order valence-corrected chi connectivity index (χ0v) is 11.3. The van der Waals surface area contributed by atoms with Crippen molar-refractivity contribution in [3.63, 3.8) is 0 Å². The van der Waals surface area contributed by atoms with Crippen molar-refractivity contribution in [3.8, 4) is 5.88 Å². The molecule has 0 atom stereocenters. The van der Waals surface area contributed by atoms with Gasteiger partial charge in [0.05, 0.1) is 7.11 Å². The highest BCUT2D eigenvalue weighted by Crippen LogP contribution is 2.11. The highest BCUT2D eigenvalue weighted by molar-refractivity contribution is 5.92. The van der Waals surface area contributed by atoms with E-state index in [0.29, 0.717) is 18.0 Å². The minimum Gasteiger partial charge on any atom is -0.481 e. The van der Waals surface area contributed by atoms with Crippen LogP contribution in [0.4, 0.5) is 0 Å². The lowest BCUT2D eigenvalue weighted by Crippen LogP contribution is -2.13. The standard InChI is InChI=1S/C13H14N4O.ClH/c1-18-12-6-5-9(8-16-12)7-10-3-2-4-11(17-10)13(14)15;/h2-6,8H,7H2,1H3,(H3,14,15);1H. The summed E-state index contributed by atoms with van der Waals surface area (Å²) in [5.41, 5.74) is 7.79. The lowest BCUT2D eigenvalue weighted by Gasteiger charge is -2.04. The summed E-state index contributed by atoms with van der Waals surface area (Å²) in [6.45, 7) is 0. The Morgan fingerprint density at radius 3 is 2.68 bits per heavy atom. The molecule has 0 aliphatic rings. The Labute approximate surface area is 117 Å². The molecule has 3 N–H and O–H groups in total. The van der Waals surface area contributed by atoms with Crippen LogP contribution >= 0.6 is 12.4 Å². The molecule has 0 aromatic carbocycles. The molecule has 0 saturated heterocycles. The number of pyridine rings is 2. The van der Waals surface area contributed by atoms with Crippen LogP contribution in [-0.4, -0.2) is 22.9 Å². The molecule has 0 saturated carbocycles. The quantitative estimate of drug-likeness (QED) is 0.659. The first-order valence-corrected chi connectivity index (χ1v) is 5.48. The summed E-state index contributed by atoms with van der Waals surface area (Å²) in [6, 6.07) is 9.21. The zero-order valence-electron chi connectivity index (χ0n) is 10.5. The van der Waals surface area contributed by atoms with Gasteiger partial charge in [0.25, 0.3) is 0 Å². The van der Waals surface area contributed by atoms with Gasteiger partial charge in [0.2, 0.25) is 5.88 Å². The van der Waals surface area contributed by atoms with E-state index in [1.165, 1.54) is 0 Å². The Hall–Kier alpha value is -2.14. The second kappa shape index (κ2) is 6.70. The maximum Gasteiger partial charge on any atom is 0.212 e. The molecule has 5 nitrogen and oxygen atoms in total. The van der Waals surface area contributed by atoms with E-state index in [0.717, 1.165) is 11.3 Å². The zero-order chi connectivity index (χ0) is 13.0. The molecule has 0 spiro atoms. The second-order valence-electron chi connectivity index (χ2n) is 3.81.